The Kier molecular flexibility index (Phi) is 2.45. The molecule has 1 rings (SSSR count). The highest BCUT2D eigenvalue weighted by Gasteiger charge is 2.19. The third-order valence-corrected chi connectivity index (χ3v) is 2.72. The molecule has 0 amide bonds. The molecule has 0 bridgehead atoms. The average Bonchev–Trinajstić information content (AvgIpc) is 2.06. The standard InChI is InChI=1S/C9H13P/c1-2-9(8-10)6-4-3-5-7-9/h2-6H,1,7-8,10H2. The molecule has 2 atom stereocenters. The molecule has 0 fully saturated rings. The van der Waals surface area contributed by atoms with Gasteiger partial charge in [-0.3, -0.25) is 0 Å². The molecule has 0 aromatic heterocycles. The molecule has 0 saturated carbocycles. The largest absolute Gasteiger partial charge is 0.136 e. The lowest BCUT2D eigenvalue weighted by molar-refractivity contribution is 0.570. The van der Waals surface area contributed by atoms with Crippen molar-refractivity contribution < 1.29 is 0 Å². The summed E-state index contributed by atoms with van der Waals surface area (Å²) < 4.78 is 0. The highest BCUT2D eigenvalue weighted by molar-refractivity contribution is 7.16. The Morgan fingerprint density at radius 3 is 2.70 bits per heavy atom. The van der Waals surface area contributed by atoms with Crippen molar-refractivity contribution in [1.82, 2.24) is 0 Å². The minimum absolute atomic E-state index is 0.222. The van der Waals surface area contributed by atoms with Crippen molar-refractivity contribution in [1.29, 1.82) is 0 Å². The molecule has 1 aliphatic carbocycles. The first kappa shape index (κ1) is 7.75. The Morgan fingerprint density at radius 1 is 1.60 bits per heavy atom. The van der Waals surface area contributed by atoms with Gasteiger partial charge in [-0.05, 0) is 12.6 Å². The summed E-state index contributed by atoms with van der Waals surface area (Å²) >= 11 is 0. The lowest BCUT2D eigenvalue weighted by Crippen LogP contribution is -2.16. The molecule has 0 radical (unpaired) electrons. The van der Waals surface area contributed by atoms with Crippen LogP contribution in [-0.2, 0) is 0 Å². The molecule has 0 aliphatic heterocycles. The monoisotopic (exact) mass is 152 g/mol. The Labute approximate surface area is 64.9 Å². The van der Waals surface area contributed by atoms with Gasteiger partial charge in [-0.15, -0.1) is 15.8 Å². The molecule has 0 heterocycles. The molecule has 10 heavy (non-hydrogen) atoms. The maximum atomic E-state index is 3.83. The third-order valence-electron chi connectivity index (χ3n) is 1.96. The first-order chi connectivity index (χ1) is 4.83. The van der Waals surface area contributed by atoms with Crippen LogP contribution >= 0.6 is 9.24 Å². The fraction of sp³-hybridized carbons (Fsp3) is 0.333. The molecule has 1 aliphatic rings. The minimum Gasteiger partial charge on any atom is -0.136 e. The number of hydrogen-bond acceptors (Lipinski definition) is 0. The van der Waals surface area contributed by atoms with Crippen molar-refractivity contribution >= 4 is 9.24 Å². The quantitative estimate of drug-likeness (QED) is 0.421. The van der Waals surface area contributed by atoms with Crippen molar-refractivity contribution in [3.8, 4) is 0 Å². The maximum absolute atomic E-state index is 3.83. The summed E-state index contributed by atoms with van der Waals surface area (Å²) in [6.45, 7) is 3.83. The summed E-state index contributed by atoms with van der Waals surface area (Å²) in [4.78, 5) is 0. The molecule has 0 N–H and O–H groups in total. The molecule has 0 spiro atoms. The van der Waals surface area contributed by atoms with E-state index in [-0.39, 0.29) is 5.41 Å². The molecule has 0 nitrogen and oxygen atoms in total. The molecule has 2 unspecified atom stereocenters. The van der Waals surface area contributed by atoms with Gasteiger partial charge in [0, 0.05) is 5.41 Å². The summed E-state index contributed by atoms with van der Waals surface area (Å²) in [7, 11) is 2.77. The van der Waals surface area contributed by atoms with Gasteiger partial charge in [0.1, 0.15) is 0 Å². The van der Waals surface area contributed by atoms with Gasteiger partial charge in [0.25, 0.3) is 0 Å². The molecular weight excluding hydrogens is 139 g/mol. The second-order valence-electron chi connectivity index (χ2n) is 2.63. The molecule has 0 saturated heterocycles. The summed E-state index contributed by atoms with van der Waals surface area (Å²) in [5.41, 5.74) is 0.222. The normalized spacial score (nSPS) is 30.5. The summed E-state index contributed by atoms with van der Waals surface area (Å²) in [5.74, 6) is 0. The zero-order valence-corrected chi connectivity index (χ0v) is 7.24. The number of rotatable bonds is 2. The van der Waals surface area contributed by atoms with Crippen molar-refractivity contribution in [2.45, 2.75) is 6.42 Å². The Balaban J connectivity index is 2.75. The van der Waals surface area contributed by atoms with Crippen molar-refractivity contribution in [3.05, 3.63) is 37.0 Å². The zero-order chi connectivity index (χ0) is 7.45. The molecule has 54 valence electrons. The van der Waals surface area contributed by atoms with E-state index in [2.05, 4.69) is 40.1 Å². The van der Waals surface area contributed by atoms with E-state index >= 15 is 0 Å². The highest BCUT2D eigenvalue weighted by atomic mass is 31.0. The SMILES string of the molecule is C=CC1(CP)C=CC=CC1. The van der Waals surface area contributed by atoms with Crippen molar-refractivity contribution in [2.24, 2.45) is 5.41 Å². The van der Waals surface area contributed by atoms with E-state index in [0.29, 0.717) is 0 Å². The Bertz CT molecular complexity index is 179. The van der Waals surface area contributed by atoms with Crippen LogP contribution < -0.4 is 0 Å². The maximum Gasteiger partial charge on any atom is 0.0130 e. The van der Waals surface area contributed by atoms with Gasteiger partial charge in [0.2, 0.25) is 0 Å². The van der Waals surface area contributed by atoms with Crippen LogP contribution in [0.15, 0.2) is 37.0 Å². The molecule has 0 aromatic carbocycles. The fourth-order valence-corrected chi connectivity index (χ4v) is 1.54. The first-order valence-electron chi connectivity index (χ1n) is 3.51. The first-order valence-corrected chi connectivity index (χ1v) is 4.33. The van der Waals surface area contributed by atoms with Crippen molar-refractivity contribution in [2.75, 3.05) is 6.16 Å². The van der Waals surface area contributed by atoms with E-state index in [1.807, 2.05) is 6.08 Å². The summed E-state index contributed by atoms with van der Waals surface area (Å²) in [5, 5.41) is 0. The smallest absolute Gasteiger partial charge is 0.0130 e. The van der Waals surface area contributed by atoms with Crippen LogP contribution in [-0.4, -0.2) is 6.16 Å². The minimum atomic E-state index is 0.222. The predicted octanol–water partition coefficient (Wildman–Crippen LogP) is 2.55. The van der Waals surface area contributed by atoms with Crippen LogP contribution in [0.1, 0.15) is 6.42 Å². The van der Waals surface area contributed by atoms with Crippen LogP contribution in [0.3, 0.4) is 0 Å². The summed E-state index contributed by atoms with van der Waals surface area (Å²) in [6, 6.07) is 0. The van der Waals surface area contributed by atoms with Crippen LogP contribution in [0, 0.1) is 5.41 Å². The lowest BCUT2D eigenvalue weighted by Gasteiger charge is -2.25. The molecule has 0 aromatic rings. The highest BCUT2D eigenvalue weighted by Crippen LogP contribution is 2.30. The van der Waals surface area contributed by atoms with Crippen LogP contribution in [0.4, 0.5) is 0 Å². The van der Waals surface area contributed by atoms with E-state index in [0.717, 1.165) is 12.6 Å². The fourth-order valence-electron chi connectivity index (χ4n) is 1.07. The zero-order valence-electron chi connectivity index (χ0n) is 6.09. The average molecular weight is 152 g/mol. The predicted molar refractivity (Wildman–Crippen MR) is 50.1 cm³/mol. The molecular formula is C9H13P. The Hall–Kier alpha value is -0.350. The van der Waals surface area contributed by atoms with E-state index in [4.69, 9.17) is 0 Å². The van der Waals surface area contributed by atoms with E-state index in [1.165, 1.54) is 0 Å². The van der Waals surface area contributed by atoms with Crippen LogP contribution in [0.25, 0.3) is 0 Å². The van der Waals surface area contributed by atoms with Gasteiger partial charge in [-0.2, -0.15) is 0 Å². The van der Waals surface area contributed by atoms with Gasteiger partial charge in [-0.25, -0.2) is 0 Å². The second kappa shape index (κ2) is 3.16. The second-order valence-corrected chi connectivity index (χ2v) is 3.04. The van der Waals surface area contributed by atoms with E-state index in [1.54, 1.807) is 0 Å². The van der Waals surface area contributed by atoms with Crippen LogP contribution in [0.5, 0.6) is 0 Å². The van der Waals surface area contributed by atoms with Gasteiger partial charge < -0.3 is 0 Å². The van der Waals surface area contributed by atoms with Gasteiger partial charge in [0.15, 0.2) is 0 Å². The molecule has 1 heteroatoms. The number of allylic oxidation sites excluding steroid dienone is 5. The van der Waals surface area contributed by atoms with Gasteiger partial charge in [0.05, 0.1) is 0 Å². The summed E-state index contributed by atoms with van der Waals surface area (Å²) in [6.07, 6.45) is 12.8. The lowest BCUT2D eigenvalue weighted by atomic mass is 9.84. The van der Waals surface area contributed by atoms with E-state index < -0.39 is 0 Å². The van der Waals surface area contributed by atoms with Gasteiger partial charge >= 0.3 is 0 Å². The van der Waals surface area contributed by atoms with E-state index in [9.17, 15) is 0 Å². The third kappa shape index (κ3) is 1.38. The topological polar surface area (TPSA) is 0 Å². The number of hydrogen-bond donors (Lipinski definition) is 0. The van der Waals surface area contributed by atoms with Gasteiger partial charge in [-0.1, -0.05) is 30.4 Å². The van der Waals surface area contributed by atoms with Crippen LogP contribution in [0.2, 0.25) is 0 Å². The van der Waals surface area contributed by atoms with Crippen molar-refractivity contribution in [3.63, 3.8) is 0 Å². The Morgan fingerprint density at radius 2 is 2.40 bits per heavy atom.